The minimum atomic E-state index is -0.503. The van der Waals surface area contributed by atoms with E-state index in [0.29, 0.717) is 16.1 Å². The molecule has 19 heavy (non-hydrogen) atoms. The number of thioether (sulfide) groups is 2. The summed E-state index contributed by atoms with van der Waals surface area (Å²) in [5, 5.41) is 4.13. The lowest BCUT2D eigenvalue weighted by Crippen LogP contribution is -2.37. The van der Waals surface area contributed by atoms with Crippen molar-refractivity contribution in [3.63, 3.8) is 0 Å². The topological polar surface area (TPSA) is 12.0 Å². The molecule has 0 saturated carbocycles. The summed E-state index contributed by atoms with van der Waals surface area (Å²) in [6.45, 7) is 2.18. The van der Waals surface area contributed by atoms with Crippen LogP contribution in [0.2, 0.25) is 0 Å². The normalized spacial score (nSPS) is 25.3. The van der Waals surface area contributed by atoms with E-state index >= 15 is 0 Å². The van der Waals surface area contributed by atoms with Crippen molar-refractivity contribution in [2.75, 3.05) is 18.6 Å². The Balaban J connectivity index is 2.27. The maximum absolute atomic E-state index is 13.4. The molecule has 1 aromatic carbocycles. The molecule has 1 aliphatic heterocycles. The number of hydrogen-bond acceptors (Lipinski definition) is 3. The van der Waals surface area contributed by atoms with E-state index in [9.17, 15) is 8.78 Å². The molecular weight excluding hydrogens is 284 g/mol. The van der Waals surface area contributed by atoms with Crippen molar-refractivity contribution in [1.82, 2.24) is 5.32 Å². The maximum atomic E-state index is 13.4. The molecule has 3 atom stereocenters. The van der Waals surface area contributed by atoms with E-state index in [4.69, 9.17) is 0 Å². The standard InChI is InChI=1S/C14H19F2NS2/c1-3-12-14(19-5-4-18-12)13(17-2)9-6-10(15)8-11(16)7-9/h6-8,12-14,17H,3-5H2,1-2H3. The number of hydrogen-bond donors (Lipinski definition) is 1. The van der Waals surface area contributed by atoms with E-state index in [1.165, 1.54) is 12.1 Å². The molecular formula is C14H19F2NS2. The molecule has 1 aromatic rings. The minimum Gasteiger partial charge on any atom is -0.312 e. The van der Waals surface area contributed by atoms with Crippen molar-refractivity contribution in [2.24, 2.45) is 0 Å². The van der Waals surface area contributed by atoms with Gasteiger partial charge in [0.1, 0.15) is 11.6 Å². The van der Waals surface area contributed by atoms with Crippen LogP contribution in [0.25, 0.3) is 0 Å². The van der Waals surface area contributed by atoms with E-state index in [0.717, 1.165) is 24.0 Å². The van der Waals surface area contributed by atoms with Gasteiger partial charge in [0.25, 0.3) is 0 Å². The molecule has 1 nitrogen and oxygen atoms in total. The zero-order valence-corrected chi connectivity index (χ0v) is 12.8. The monoisotopic (exact) mass is 303 g/mol. The first-order chi connectivity index (χ1) is 9.15. The molecule has 1 aliphatic rings. The second-order valence-corrected chi connectivity index (χ2v) is 7.26. The second kappa shape index (κ2) is 6.95. The fraction of sp³-hybridized carbons (Fsp3) is 0.571. The van der Waals surface area contributed by atoms with Crippen LogP contribution in [0.1, 0.15) is 24.9 Å². The van der Waals surface area contributed by atoms with Crippen molar-refractivity contribution in [3.8, 4) is 0 Å². The van der Waals surface area contributed by atoms with E-state index in [1.54, 1.807) is 0 Å². The third-order valence-corrected chi connectivity index (χ3v) is 6.73. The Morgan fingerprint density at radius 2 is 1.84 bits per heavy atom. The van der Waals surface area contributed by atoms with E-state index in [-0.39, 0.29) is 6.04 Å². The summed E-state index contributed by atoms with van der Waals surface area (Å²) in [5.74, 6) is 1.25. The summed E-state index contributed by atoms with van der Waals surface area (Å²) in [6, 6.07) is 3.80. The van der Waals surface area contributed by atoms with Crippen molar-refractivity contribution in [3.05, 3.63) is 35.4 Å². The zero-order chi connectivity index (χ0) is 13.8. The van der Waals surface area contributed by atoms with E-state index in [2.05, 4.69) is 12.2 Å². The first kappa shape index (κ1) is 15.1. The quantitative estimate of drug-likeness (QED) is 0.907. The fourth-order valence-corrected chi connectivity index (χ4v) is 5.81. The molecule has 0 bridgehead atoms. The van der Waals surface area contributed by atoms with Crippen LogP contribution >= 0.6 is 23.5 Å². The number of benzene rings is 1. The molecule has 0 aliphatic carbocycles. The highest BCUT2D eigenvalue weighted by molar-refractivity contribution is 8.07. The summed E-state index contributed by atoms with van der Waals surface area (Å²) >= 11 is 3.88. The van der Waals surface area contributed by atoms with E-state index < -0.39 is 11.6 Å². The number of halogens is 2. The van der Waals surface area contributed by atoms with Crippen LogP contribution in [-0.4, -0.2) is 29.1 Å². The zero-order valence-electron chi connectivity index (χ0n) is 11.2. The first-order valence-corrected chi connectivity index (χ1v) is 8.62. The minimum absolute atomic E-state index is 0.00653. The average Bonchev–Trinajstić information content (AvgIpc) is 2.39. The van der Waals surface area contributed by atoms with Gasteiger partial charge in [-0.15, -0.1) is 0 Å². The summed E-state index contributed by atoms with van der Waals surface area (Å²) in [6.07, 6.45) is 1.08. The van der Waals surface area contributed by atoms with Gasteiger partial charge < -0.3 is 5.32 Å². The number of rotatable bonds is 4. The van der Waals surface area contributed by atoms with Crippen LogP contribution in [0.3, 0.4) is 0 Å². The van der Waals surface area contributed by atoms with Crippen LogP contribution in [0.15, 0.2) is 18.2 Å². The van der Waals surface area contributed by atoms with Crippen LogP contribution < -0.4 is 5.32 Å². The summed E-state index contributed by atoms with van der Waals surface area (Å²) in [7, 11) is 1.86. The average molecular weight is 303 g/mol. The Kier molecular flexibility index (Phi) is 5.54. The van der Waals surface area contributed by atoms with Gasteiger partial charge in [0.05, 0.1) is 0 Å². The van der Waals surface area contributed by atoms with Crippen molar-refractivity contribution in [1.29, 1.82) is 0 Å². The SMILES string of the molecule is CCC1SCCSC1C(NC)c1cc(F)cc(F)c1. The summed E-state index contributed by atoms with van der Waals surface area (Å²) in [4.78, 5) is 0. The Bertz CT molecular complexity index is 408. The first-order valence-electron chi connectivity index (χ1n) is 6.52. The van der Waals surface area contributed by atoms with Crippen LogP contribution in [-0.2, 0) is 0 Å². The van der Waals surface area contributed by atoms with Gasteiger partial charge in [0.15, 0.2) is 0 Å². The molecule has 0 amide bonds. The smallest absolute Gasteiger partial charge is 0.126 e. The highest BCUT2D eigenvalue weighted by Gasteiger charge is 2.32. The highest BCUT2D eigenvalue weighted by atomic mass is 32.2. The molecule has 0 aromatic heterocycles. The van der Waals surface area contributed by atoms with Crippen LogP contribution in [0, 0.1) is 11.6 Å². The molecule has 0 spiro atoms. The molecule has 5 heteroatoms. The lowest BCUT2D eigenvalue weighted by molar-refractivity contribution is 0.526. The Morgan fingerprint density at radius 1 is 1.21 bits per heavy atom. The maximum Gasteiger partial charge on any atom is 0.126 e. The lowest BCUT2D eigenvalue weighted by Gasteiger charge is -2.36. The van der Waals surface area contributed by atoms with Gasteiger partial charge in [0, 0.05) is 34.1 Å². The van der Waals surface area contributed by atoms with E-state index in [1.807, 2.05) is 30.6 Å². The third kappa shape index (κ3) is 3.64. The predicted octanol–water partition coefficient (Wildman–Crippen LogP) is 3.85. The summed E-state index contributed by atoms with van der Waals surface area (Å²) in [5.41, 5.74) is 0.707. The molecule has 1 heterocycles. The second-order valence-electron chi connectivity index (χ2n) is 4.62. The Morgan fingerprint density at radius 3 is 2.42 bits per heavy atom. The summed E-state index contributed by atoms with van der Waals surface area (Å²) < 4.78 is 26.8. The van der Waals surface area contributed by atoms with Gasteiger partial charge in [-0.2, -0.15) is 23.5 Å². The van der Waals surface area contributed by atoms with Gasteiger partial charge in [0.2, 0.25) is 0 Å². The van der Waals surface area contributed by atoms with Crippen LogP contribution in [0.5, 0.6) is 0 Å². The van der Waals surface area contributed by atoms with Gasteiger partial charge in [-0.3, -0.25) is 0 Å². The van der Waals surface area contributed by atoms with Gasteiger partial charge in [-0.25, -0.2) is 8.78 Å². The lowest BCUT2D eigenvalue weighted by atomic mass is 10.00. The van der Waals surface area contributed by atoms with Gasteiger partial charge in [-0.05, 0) is 31.2 Å². The predicted molar refractivity (Wildman–Crippen MR) is 80.9 cm³/mol. The molecule has 1 saturated heterocycles. The Hall–Kier alpha value is -0.260. The van der Waals surface area contributed by atoms with Gasteiger partial charge in [-0.1, -0.05) is 6.92 Å². The molecule has 1 N–H and O–H groups in total. The molecule has 0 radical (unpaired) electrons. The fourth-order valence-electron chi connectivity index (χ4n) is 2.52. The highest BCUT2D eigenvalue weighted by Crippen LogP contribution is 2.40. The van der Waals surface area contributed by atoms with Crippen LogP contribution in [0.4, 0.5) is 8.78 Å². The van der Waals surface area contributed by atoms with Crippen molar-refractivity contribution >= 4 is 23.5 Å². The van der Waals surface area contributed by atoms with Crippen molar-refractivity contribution < 1.29 is 8.78 Å². The van der Waals surface area contributed by atoms with Gasteiger partial charge >= 0.3 is 0 Å². The molecule has 1 fully saturated rings. The third-order valence-electron chi connectivity index (χ3n) is 3.38. The molecule has 106 valence electrons. The number of nitrogens with one attached hydrogen (secondary N) is 1. The largest absolute Gasteiger partial charge is 0.312 e. The molecule has 2 rings (SSSR count). The Labute approximate surface area is 121 Å². The van der Waals surface area contributed by atoms with Crippen molar-refractivity contribution in [2.45, 2.75) is 29.9 Å². The molecule has 3 unspecified atom stereocenters.